The van der Waals surface area contributed by atoms with Crippen molar-refractivity contribution >= 4 is 27.5 Å². The van der Waals surface area contributed by atoms with Gasteiger partial charge >= 0.3 is 0 Å². The number of hydrogen-bond donors (Lipinski definition) is 1. The quantitative estimate of drug-likeness (QED) is 0.862. The Bertz CT molecular complexity index is 675. The molecule has 110 valence electrons. The van der Waals surface area contributed by atoms with E-state index in [1.807, 2.05) is 18.2 Å². The minimum absolute atomic E-state index is 0.217. The molecule has 0 spiro atoms. The Morgan fingerprint density at radius 2 is 2.24 bits per heavy atom. The summed E-state index contributed by atoms with van der Waals surface area (Å²) in [4.78, 5) is 4.59. The van der Waals surface area contributed by atoms with Gasteiger partial charge in [-0.25, -0.2) is 0 Å². The molecule has 0 amide bonds. The largest absolute Gasteiger partial charge is 0.337 e. The van der Waals surface area contributed by atoms with Crippen LogP contribution in [0, 0.1) is 11.8 Å². The normalized spacial score (nSPS) is 28.0. The Hall–Kier alpha value is -0.910. The number of nitrogens with one attached hydrogen (secondary N) is 1. The zero-order valence-electron chi connectivity index (χ0n) is 11.4. The van der Waals surface area contributed by atoms with E-state index in [1.54, 1.807) is 0 Å². The monoisotopic (exact) mass is 367 g/mol. The first-order valence-corrected chi connectivity index (χ1v) is 8.42. The molecule has 1 aromatic heterocycles. The number of aromatic nitrogens is 2. The van der Waals surface area contributed by atoms with Crippen LogP contribution in [0.25, 0.3) is 11.4 Å². The van der Waals surface area contributed by atoms with Crippen molar-refractivity contribution in [2.24, 2.45) is 11.8 Å². The van der Waals surface area contributed by atoms with Crippen LogP contribution in [0.2, 0.25) is 5.02 Å². The molecular formula is C15H15BrClN3O. The van der Waals surface area contributed by atoms with Crippen molar-refractivity contribution in [1.82, 2.24) is 15.5 Å². The van der Waals surface area contributed by atoms with Crippen molar-refractivity contribution in [1.29, 1.82) is 0 Å². The van der Waals surface area contributed by atoms with E-state index in [4.69, 9.17) is 16.1 Å². The maximum atomic E-state index is 6.02. The average Bonchev–Trinajstić information content (AvgIpc) is 3.16. The zero-order valence-corrected chi connectivity index (χ0v) is 13.7. The SMILES string of the molecule is Clc1ccc(-c2noc(C3NCC4CCCC43)n2)cc1Br. The van der Waals surface area contributed by atoms with E-state index in [-0.39, 0.29) is 6.04 Å². The molecule has 2 aliphatic rings. The summed E-state index contributed by atoms with van der Waals surface area (Å²) in [6.45, 7) is 1.07. The summed E-state index contributed by atoms with van der Waals surface area (Å²) in [5.74, 6) is 2.75. The summed E-state index contributed by atoms with van der Waals surface area (Å²) in [6, 6.07) is 5.87. The molecule has 6 heteroatoms. The predicted octanol–water partition coefficient (Wildman–Crippen LogP) is 4.21. The number of fused-ring (bicyclic) bond motifs is 1. The molecule has 0 radical (unpaired) electrons. The first kappa shape index (κ1) is 13.7. The van der Waals surface area contributed by atoms with E-state index < -0.39 is 0 Å². The Balaban J connectivity index is 1.62. The first-order valence-electron chi connectivity index (χ1n) is 7.25. The molecule has 4 rings (SSSR count). The lowest BCUT2D eigenvalue weighted by atomic mass is 9.94. The van der Waals surface area contributed by atoms with Crippen molar-refractivity contribution in [3.05, 3.63) is 33.6 Å². The molecule has 2 fully saturated rings. The number of rotatable bonds is 2. The second-order valence-corrected chi connectivity index (χ2v) is 7.09. The Morgan fingerprint density at radius 3 is 3.10 bits per heavy atom. The number of halogens is 2. The van der Waals surface area contributed by atoms with Crippen LogP contribution in [0.3, 0.4) is 0 Å². The number of hydrogen-bond acceptors (Lipinski definition) is 4. The molecule has 1 aliphatic heterocycles. The van der Waals surface area contributed by atoms with Gasteiger partial charge in [0.25, 0.3) is 0 Å². The van der Waals surface area contributed by atoms with Crippen LogP contribution in [0.1, 0.15) is 31.2 Å². The molecule has 1 saturated carbocycles. The van der Waals surface area contributed by atoms with Crippen molar-refractivity contribution < 1.29 is 4.52 Å². The number of nitrogens with zero attached hydrogens (tertiary/aromatic N) is 2. The second-order valence-electron chi connectivity index (χ2n) is 5.83. The third-order valence-electron chi connectivity index (χ3n) is 4.63. The summed E-state index contributed by atoms with van der Waals surface area (Å²) in [5, 5.41) is 8.33. The predicted molar refractivity (Wildman–Crippen MR) is 84.0 cm³/mol. The van der Waals surface area contributed by atoms with E-state index in [1.165, 1.54) is 19.3 Å². The molecule has 1 N–H and O–H groups in total. The van der Waals surface area contributed by atoms with Gasteiger partial charge in [-0.1, -0.05) is 23.2 Å². The molecule has 1 aliphatic carbocycles. The molecule has 21 heavy (non-hydrogen) atoms. The van der Waals surface area contributed by atoms with Gasteiger partial charge < -0.3 is 9.84 Å². The van der Waals surface area contributed by atoms with Crippen LogP contribution >= 0.6 is 27.5 Å². The lowest BCUT2D eigenvalue weighted by molar-refractivity contribution is 0.302. The van der Waals surface area contributed by atoms with Crippen molar-refractivity contribution in [2.45, 2.75) is 25.3 Å². The minimum Gasteiger partial charge on any atom is -0.337 e. The second kappa shape index (κ2) is 5.38. The van der Waals surface area contributed by atoms with Crippen molar-refractivity contribution in [3.63, 3.8) is 0 Å². The highest BCUT2D eigenvalue weighted by atomic mass is 79.9. The van der Waals surface area contributed by atoms with Crippen LogP contribution in [0.5, 0.6) is 0 Å². The fraction of sp³-hybridized carbons (Fsp3) is 0.467. The summed E-state index contributed by atoms with van der Waals surface area (Å²) in [7, 11) is 0. The third-order valence-corrected chi connectivity index (χ3v) is 5.85. The van der Waals surface area contributed by atoms with Gasteiger partial charge in [0.2, 0.25) is 11.7 Å². The van der Waals surface area contributed by atoms with Crippen molar-refractivity contribution in [3.8, 4) is 11.4 Å². The van der Waals surface area contributed by atoms with Crippen LogP contribution in [0.15, 0.2) is 27.2 Å². The molecule has 1 saturated heterocycles. The fourth-order valence-corrected chi connectivity index (χ4v) is 4.07. The van der Waals surface area contributed by atoms with E-state index in [0.717, 1.165) is 22.5 Å². The molecule has 3 atom stereocenters. The molecule has 3 unspecified atom stereocenters. The van der Waals surface area contributed by atoms with E-state index in [2.05, 4.69) is 31.4 Å². The van der Waals surface area contributed by atoms with Gasteiger partial charge in [-0.05, 0) is 65.4 Å². The summed E-state index contributed by atoms with van der Waals surface area (Å²) >= 11 is 9.44. The van der Waals surface area contributed by atoms with Gasteiger partial charge in [-0.15, -0.1) is 0 Å². The number of benzene rings is 1. The van der Waals surface area contributed by atoms with Gasteiger partial charge in [0.05, 0.1) is 11.1 Å². The van der Waals surface area contributed by atoms with Gasteiger partial charge in [0.15, 0.2) is 0 Å². The fourth-order valence-electron chi connectivity index (χ4n) is 3.57. The first-order chi connectivity index (χ1) is 10.2. The Kier molecular flexibility index (Phi) is 3.52. The lowest BCUT2D eigenvalue weighted by Crippen LogP contribution is -2.18. The standard InChI is InChI=1S/C15H15BrClN3O/c16-11-6-8(4-5-12(11)17)14-19-15(21-20-14)13-10-3-1-2-9(10)7-18-13/h4-6,9-10,13,18H,1-3,7H2. The maximum absolute atomic E-state index is 6.02. The zero-order chi connectivity index (χ0) is 14.4. The highest BCUT2D eigenvalue weighted by Gasteiger charge is 2.42. The smallest absolute Gasteiger partial charge is 0.244 e. The molecule has 1 aromatic carbocycles. The van der Waals surface area contributed by atoms with E-state index in [0.29, 0.717) is 22.7 Å². The van der Waals surface area contributed by atoms with E-state index in [9.17, 15) is 0 Å². The highest BCUT2D eigenvalue weighted by Crippen LogP contribution is 2.44. The lowest BCUT2D eigenvalue weighted by Gasteiger charge is -2.13. The van der Waals surface area contributed by atoms with Gasteiger partial charge in [-0.2, -0.15) is 4.98 Å². The third kappa shape index (κ3) is 2.41. The van der Waals surface area contributed by atoms with Gasteiger partial charge in [0.1, 0.15) is 0 Å². The molecular weight excluding hydrogens is 354 g/mol. The van der Waals surface area contributed by atoms with E-state index >= 15 is 0 Å². The van der Waals surface area contributed by atoms with Crippen LogP contribution in [0.4, 0.5) is 0 Å². The molecule has 2 heterocycles. The van der Waals surface area contributed by atoms with Gasteiger partial charge in [-0.3, -0.25) is 0 Å². The summed E-state index contributed by atoms with van der Waals surface area (Å²) in [5.41, 5.74) is 0.905. The van der Waals surface area contributed by atoms with Crippen molar-refractivity contribution in [2.75, 3.05) is 6.54 Å². The molecule has 2 aromatic rings. The Morgan fingerprint density at radius 1 is 1.33 bits per heavy atom. The molecule has 0 bridgehead atoms. The minimum atomic E-state index is 0.217. The summed E-state index contributed by atoms with van der Waals surface area (Å²) < 4.78 is 6.35. The van der Waals surface area contributed by atoms with Crippen LogP contribution in [-0.4, -0.2) is 16.7 Å². The van der Waals surface area contributed by atoms with Gasteiger partial charge in [0, 0.05) is 10.0 Å². The van der Waals surface area contributed by atoms with Crippen LogP contribution < -0.4 is 5.32 Å². The average molecular weight is 369 g/mol. The van der Waals surface area contributed by atoms with Crippen LogP contribution in [-0.2, 0) is 0 Å². The topological polar surface area (TPSA) is 51.0 Å². The highest BCUT2D eigenvalue weighted by molar-refractivity contribution is 9.10. The molecule has 4 nitrogen and oxygen atoms in total. The Labute approximate surface area is 136 Å². The maximum Gasteiger partial charge on any atom is 0.244 e. The summed E-state index contributed by atoms with van der Waals surface area (Å²) in [6.07, 6.45) is 3.89.